The number of likely N-dealkylation sites (N-methyl/N-ethyl adjacent to an activating group) is 1. The van der Waals surface area contributed by atoms with Crippen molar-refractivity contribution >= 4 is 23.2 Å². The zero-order chi connectivity index (χ0) is 12.1. The van der Waals surface area contributed by atoms with E-state index in [1.165, 1.54) is 6.07 Å². The molecule has 0 spiro atoms. The topological polar surface area (TPSA) is 35.5 Å². The van der Waals surface area contributed by atoms with Crippen LogP contribution in [0.15, 0.2) is 12.1 Å². The monoisotopic (exact) mass is 262 g/mol. The van der Waals surface area contributed by atoms with Gasteiger partial charge in [0, 0.05) is 30.2 Å². The lowest BCUT2D eigenvalue weighted by molar-refractivity contribution is 0.398. The van der Waals surface area contributed by atoms with E-state index in [-0.39, 0.29) is 10.8 Å². The SMILES string of the molecule is CN(C)CCNCc1cc(Cl)cc(Cl)c1O. The van der Waals surface area contributed by atoms with Crippen molar-refractivity contribution in [3.63, 3.8) is 0 Å². The Bertz CT molecular complexity index is 356. The molecule has 90 valence electrons. The summed E-state index contributed by atoms with van der Waals surface area (Å²) in [5, 5.41) is 13.7. The van der Waals surface area contributed by atoms with Crippen molar-refractivity contribution in [2.45, 2.75) is 6.54 Å². The lowest BCUT2D eigenvalue weighted by Crippen LogP contribution is -2.26. The molecule has 16 heavy (non-hydrogen) atoms. The zero-order valence-corrected chi connectivity index (χ0v) is 10.9. The summed E-state index contributed by atoms with van der Waals surface area (Å²) in [5.41, 5.74) is 0.719. The average molecular weight is 263 g/mol. The number of phenols is 1. The van der Waals surface area contributed by atoms with Gasteiger partial charge in [0.25, 0.3) is 0 Å². The van der Waals surface area contributed by atoms with Gasteiger partial charge in [-0.2, -0.15) is 0 Å². The van der Waals surface area contributed by atoms with Crippen LogP contribution in [0.4, 0.5) is 0 Å². The number of halogens is 2. The Morgan fingerprint density at radius 1 is 1.31 bits per heavy atom. The second-order valence-corrected chi connectivity index (χ2v) is 4.72. The number of rotatable bonds is 5. The van der Waals surface area contributed by atoms with Gasteiger partial charge < -0.3 is 15.3 Å². The maximum absolute atomic E-state index is 9.69. The smallest absolute Gasteiger partial charge is 0.138 e. The van der Waals surface area contributed by atoms with E-state index in [0.717, 1.165) is 18.7 Å². The second kappa shape index (κ2) is 6.30. The summed E-state index contributed by atoms with van der Waals surface area (Å²) < 4.78 is 0. The van der Waals surface area contributed by atoms with Crippen LogP contribution in [-0.4, -0.2) is 37.2 Å². The van der Waals surface area contributed by atoms with Crippen molar-refractivity contribution in [1.29, 1.82) is 0 Å². The zero-order valence-electron chi connectivity index (χ0n) is 9.43. The van der Waals surface area contributed by atoms with Crippen molar-refractivity contribution in [1.82, 2.24) is 10.2 Å². The normalized spacial score (nSPS) is 11.1. The number of hydrogen-bond acceptors (Lipinski definition) is 3. The summed E-state index contributed by atoms with van der Waals surface area (Å²) in [6.45, 7) is 2.34. The van der Waals surface area contributed by atoms with Gasteiger partial charge in [-0.3, -0.25) is 0 Å². The third-order valence-electron chi connectivity index (χ3n) is 2.16. The Morgan fingerprint density at radius 3 is 2.62 bits per heavy atom. The Morgan fingerprint density at radius 2 is 2.00 bits per heavy atom. The Balaban J connectivity index is 2.53. The van der Waals surface area contributed by atoms with E-state index in [2.05, 4.69) is 10.2 Å². The highest BCUT2D eigenvalue weighted by atomic mass is 35.5. The van der Waals surface area contributed by atoms with E-state index in [9.17, 15) is 5.11 Å². The number of benzene rings is 1. The number of hydrogen-bond donors (Lipinski definition) is 2. The highest BCUT2D eigenvalue weighted by Gasteiger charge is 2.07. The molecule has 1 aromatic carbocycles. The molecule has 3 nitrogen and oxygen atoms in total. The molecule has 2 N–H and O–H groups in total. The van der Waals surface area contributed by atoms with Gasteiger partial charge in [-0.05, 0) is 26.2 Å². The van der Waals surface area contributed by atoms with Gasteiger partial charge in [0.05, 0.1) is 5.02 Å². The van der Waals surface area contributed by atoms with Crippen LogP contribution in [0.5, 0.6) is 5.75 Å². The average Bonchev–Trinajstić information content (AvgIpc) is 2.19. The number of phenolic OH excluding ortho intramolecular Hbond substituents is 1. The molecule has 0 atom stereocenters. The first kappa shape index (κ1) is 13.6. The first-order valence-electron chi connectivity index (χ1n) is 5.03. The highest BCUT2D eigenvalue weighted by Crippen LogP contribution is 2.30. The minimum absolute atomic E-state index is 0.100. The van der Waals surface area contributed by atoms with Gasteiger partial charge in [-0.15, -0.1) is 0 Å². The number of nitrogens with zero attached hydrogens (tertiary/aromatic N) is 1. The van der Waals surface area contributed by atoms with Crippen molar-refractivity contribution in [2.75, 3.05) is 27.2 Å². The van der Waals surface area contributed by atoms with E-state index in [1.54, 1.807) is 6.07 Å². The van der Waals surface area contributed by atoms with Gasteiger partial charge in [-0.1, -0.05) is 23.2 Å². The van der Waals surface area contributed by atoms with Crippen molar-refractivity contribution in [3.05, 3.63) is 27.7 Å². The molecule has 1 aromatic rings. The number of aromatic hydroxyl groups is 1. The maximum atomic E-state index is 9.69. The van der Waals surface area contributed by atoms with Crippen molar-refractivity contribution in [3.8, 4) is 5.75 Å². The summed E-state index contributed by atoms with van der Waals surface area (Å²) in [7, 11) is 4.02. The summed E-state index contributed by atoms with van der Waals surface area (Å²) in [5.74, 6) is 0.100. The highest BCUT2D eigenvalue weighted by molar-refractivity contribution is 6.35. The molecule has 0 aliphatic carbocycles. The fourth-order valence-corrected chi connectivity index (χ4v) is 1.82. The molecular weight excluding hydrogens is 247 g/mol. The quantitative estimate of drug-likeness (QED) is 0.800. The Labute approximate surface area is 106 Å². The Kier molecular flexibility index (Phi) is 5.35. The van der Waals surface area contributed by atoms with Crippen LogP contribution in [0.1, 0.15) is 5.56 Å². The van der Waals surface area contributed by atoms with Crippen LogP contribution in [0.2, 0.25) is 10.0 Å². The second-order valence-electron chi connectivity index (χ2n) is 3.88. The van der Waals surface area contributed by atoms with E-state index < -0.39 is 0 Å². The fraction of sp³-hybridized carbons (Fsp3) is 0.455. The van der Waals surface area contributed by atoms with Gasteiger partial charge in [-0.25, -0.2) is 0 Å². The lowest BCUT2D eigenvalue weighted by Gasteiger charge is -2.11. The third kappa shape index (κ3) is 4.18. The molecule has 0 saturated carbocycles. The molecule has 0 aromatic heterocycles. The van der Waals surface area contributed by atoms with Crippen LogP contribution < -0.4 is 5.32 Å². The van der Waals surface area contributed by atoms with Gasteiger partial charge in [0.2, 0.25) is 0 Å². The van der Waals surface area contributed by atoms with E-state index >= 15 is 0 Å². The Hall–Kier alpha value is -0.480. The largest absolute Gasteiger partial charge is 0.506 e. The van der Waals surface area contributed by atoms with Crippen LogP contribution in [0.3, 0.4) is 0 Å². The molecule has 0 fully saturated rings. The molecule has 0 amide bonds. The van der Waals surface area contributed by atoms with Crippen LogP contribution in [0, 0.1) is 0 Å². The molecule has 0 radical (unpaired) electrons. The van der Waals surface area contributed by atoms with E-state index in [4.69, 9.17) is 23.2 Å². The van der Waals surface area contributed by atoms with E-state index in [0.29, 0.717) is 11.6 Å². The molecule has 0 unspecified atom stereocenters. The first-order valence-corrected chi connectivity index (χ1v) is 5.78. The standard InChI is InChI=1S/C11H16Cl2N2O/c1-15(2)4-3-14-7-8-5-9(12)6-10(13)11(8)16/h5-6,14,16H,3-4,7H2,1-2H3. The van der Waals surface area contributed by atoms with Crippen LogP contribution >= 0.6 is 23.2 Å². The summed E-state index contributed by atoms with van der Waals surface area (Å²) >= 11 is 11.7. The van der Waals surface area contributed by atoms with Crippen molar-refractivity contribution < 1.29 is 5.11 Å². The molecule has 0 aliphatic heterocycles. The minimum atomic E-state index is 0.100. The maximum Gasteiger partial charge on any atom is 0.138 e. The minimum Gasteiger partial charge on any atom is -0.506 e. The van der Waals surface area contributed by atoms with Gasteiger partial charge >= 0.3 is 0 Å². The lowest BCUT2D eigenvalue weighted by atomic mass is 10.2. The molecule has 0 aliphatic rings. The van der Waals surface area contributed by atoms with Crippen molar-refractivity contribution in [2.24, 2.45) is 0 Å². The molecule has 0 saturated heterocycles. The summed E-state index contributed by atoms with van der Waals surface area (Å²) in [6.07, 6.45) is 0. The summed E-state index contributed by atoms with van der Waals surface area (Å²) in [4.78, 5) is 2.08. The van der Waals surface area contributed by atoms with Gasteiger partial charge in [0.1, 0.15) is 5.75 Å². The molecule has 0 heterocycles. The molecule has 1 rings (SSSR count). The molecule has 0 bridgehead atoms. The molecular formula is C11H16Cl2N2O. The van der Waals surface area contributed by atoms with Crippen LogP contribution in [-0.2, 0) is 6.54 Å². The number of nitrogens with one attached hydrogen (secondary N) is 1. The molecule has 5 heteroatoms. The van der Waals surface area contributed by atoms with Gasteiger partial charge in [0.15, 0.2) is 0 Å². The van der Waals surface area contributed by atoms with E-state index in [1.807, 2.05) is 14.1 Å². The predicted octanol–water partition coefficient (Wildman–Crippen LogP) is 2.35. The fourth-order valence-electron chi connectivity index (χ4n) is 1.28. The first-order chi connectivity index (χ1) is 7.50. The summed E-state index contributed by atoms with van der Waals surface area (Å²) in [6, 6.07) is 3.24. The third-order valence-corrected chi connectivity index (χ3v) is 2.66. The predicted molar refractivity (Wildman–Crippen MR) is 68.4 cm³/mol. The van der Waals surface area contributed by atoms with Crippen LogP contribution in [0.25, 0.3) is 0 Å².